The Morgan fingerprint density at radius 3 is 2.69 bits per heavy atom. The number of rotatable bonds is 8. The number of carboxylic acid groups (broad SMARTS) is 1. The molecule has 134 valence electrons. The third-order valence-electron chi connectivity index (χ3n) is 3.43. The van der Waals surface area contributed by atoms with Crippen LogP contribution in [0.1, 0.15) is 4.88 Å². The number of nitrogens with one attached hydrogen (secondary N) is 1. The quantitative estimate of drug-likeness (QED) is 0.0933. The zero-order chi connectivity index (χ0) is 18.6. The smallest absolute Gasteiger partial charge is 0.544 e. The van der Waals surface area contributed by atoms with E-state index in [0.717, 1.165) is 9.78 Å². The van der Waals surface area contributed by atoms with Gasteiger partial charge in [0, 0.05) is 9.30 Å². The average molecular weight is 518 g/mol. The Labute approximate surface area is 194 Å². The summed E-state index contributed by atoms with van der Waals surface area (Å²) in [5.41, 5.74) is 0. The fraction of sp³-hybridized carbons (Fsp3) is 0.357. The predicted molar refractivity (Wildman–Crippen MR) is 98.0 cm³/mol. The second-order valence-corrected chi connectivity index (χ2v) is 7.14. The maximum atomic E-state index is 12.3. The molecular weight excluding hydrogens is 506 g/mol. The van der Waals surface area contributed by atoms with Gasteiger partial charge in [0.15, 0.2) is 0 Å². The Morgan fingerprint density at radius 2 is 2.19 bits per heavy atom. The summed E-state index contributed by atoms with van der Waals surface area (Å²) in [6, 6.07) is 2.09. The number of likely N-dealkylation sites (tertiary alicyclic amines) is 1. The Morgan fingerprint density at radius 1 is 1.50 bits per heavy atom. The van der Waals surface area contributed by atoms with Crippen LogP contribution < -0.4 is 40.0 Å². The molecule has 1 aliphatic rings. The fourth-order valence-electron chi connectivity index (χ4n) is 2.33. The summed E-state index contributed by atoms with van der Waals surface area (Å²) in [7, 11) is 0. The summed E-state index contributed by atoms with van der Waals surface area (Å²) >= 11 is 7.73. The molecule has 26 heavy (non-hydrogen) atoms. The molecule has 2 rings (SSSR count). The summed E-state index contributed by atoms with van der Waals surface area (Å²) in [6.45, 7) is 0. The fourth-order valence-corrected chi connectivity index (χ4v) is 4.02. The first-order valence-electron chi connectivity index (χ1n) is 6.95. The number of β-lactam (4-membered cyclic amide) rings is 1. The van der Waals surface area contributed by atoms with Gasteiger partial charge in [0.05, 0.1) is 17.8 Å². The van der Waals surface area contributed by atoms with Gasteiger partial charge in [-0.05, 0) is 11.4 Å². The van der Waals surface area contributed by atoms with Crippen LogP contribution in [0.5, 0.6) is 0 Å². The number of alkyl halides is 1. The van der Waals surface area contributed by atoms with Gasteiger partial charge in [-0.1, -0.05) is 40.9 Å². The number of aliphatic carboxylic acids is 1. The SMILES string of the molecule is O=C(Cc1cccs1)N[C@@H]1C(=O)N(C(OC(=O)C=S)C(=O)[O-])[C@@H]1CI.[Na+]. The van der Waals surface area contributed by atoms with Gasteiger partial charge in [0.2, 0.25) is 12.1 Å². The van der Waals surface area contributed by atoms with Crippen molar-refractivity contribution in [2.45, 2.75) is 24.7 Å². The molecule has 0 aliphatic carbocycles. The number of carboxylic acids is 1. The Kier molecular flexibility index (Phi) is 9.61. The van der Waals surface area contributed by atoms with E-state index in [1.165, 1.54) is 11.3 Å². The molecule has 1 aromatic heterocycles. The van der Waals surface area contributed by atoms with Crippen molar-refractivity contribution in [2.75, 3.05) is 4.43 Å². The van der Waals surface area contributed by atoms with Crippen molar-refractivity contribution in [1.82, 2.24) is 10.2 Å². The molecule has 0 saturated carbocycles. The summed E-state index contributed by atoms with van der Waals surface area (Å²) in [6.07, 6.45) is -1.76. The molecule has 0 aromatic carbocycles. The van der Waals surface area contributed by atoms with E-state index in [1.54, 1.807) is 6.07 Å². The van der Waals surface area contributed by atoms with Crippen molar-refractivity contribution in [2.24, 2.45) is 0 Å². The maximum absolute atomic E-state index is 12.3. The second-order valence-electron chi connectivity index (χ2n) is 4.99. The van der Waals surface area contributed by atoms with Gasteiger partial charge in [0.1, 0.15) is 12.0 Å². The van der Waals surface area contributed by atoms with Crippen molar-refractivity contribution in [3.8, 4) is 0 Å². The van der Waals surface area contributed by atoms with E-state index in [1.807, 2.05) is 34.0 Å². The van der Waals surface area contributed by atoms with E-state index in [9.17, 15) is 24.3 Å². The van der Waals surface area contributed by atoms with Crippen LogP contribution in [-0.2, 0) is 30.3 Å². The van der Waals surface area contributed by atoms with Gasteiger partial charge in [0.25, 0.3) is 5.91 Å². The molecule has 1 N–H and O–H groups in total. The van der Waals surface area contributed by atoms with Crippen LogP contribution in [0.3, 0.4) is 0 Å². The summed E-state index contributed by atoms with van der Waals surface area (Å²) in [5.74, 6) is -3.81. The van der Waals surface area contributed by atoms with Crippen LogP contribution in [0, 0.1) is 0 Å². The zero-order valence-corrected chi connectivity index (χ0v) is 19.3. The van der Waals surface area contributed by atoms with Gasteiger partial charge in [-0.3, -0.25) is 14.5 Å². The topological polar surface area (TPSA) is 116 Å². The third-order valence-corrected chi connectivity index (χ3v) is 5.40. The van der Waals surface area contributed by atoms with E-state index >= 15 is 0 Å². The van der Waals surface area contributed by atoms with Gasteiger partial charge < -0.3 is 20.0 Å². The largest absolute Gasteiger partial charge is 1.00 e. The number of ether oxygens (including phenoxy) is 1. The van der Waals surface area contributed by atoms with Crippen LogP contribution in [0.15, 0.2) is 17.5 Å². The number of halogens is 1. The number of nitrogens with zero attached hydrogens (tertiary/aromatic N) is 1. The van der Waals surface area contributed by atoms with E-state index in [-0.39, 0.29) is 41.9 Å². The maximum Gasteiger partial charge on any atom is 1.00 e. The molecule has 1 fully saturated rings. The van der Waals surface area contributed by atoms with Crippen LogP contribution in [0.25, 0.3) is 0 Å². The van der Waals surface area contributed by atoms with E-state index in [0.29, 0.717) is 9.80 Å². The monoisotopic (exact) mass is 518 g/mol. The number of amides is 2. The number of carbonyl (C=O) groups excluding carboxylic acids is 4. The van der Waals surface area contributed by atoms with Crippen LogP contribution in [0.2, 0.25) is 0 Å². The van der Waals surface area contributed by atoms with E-state index < -0.39 is 36.2 Å². The predicted octanol–water partition coefficient (Wildman–Crippen LogP) is -3.96. The molecule has 1 unspecified atom stereocenters. The van der Waals surface area contributed by atoms with Crippen molar-refractivity contribution in [3.63, 3.8) is 0 Å². The number of thiocarbonyl (C=S) groups is 1. The first-order valence-corrected chi connectivity index (χ1v) is 9.83. The molecule has 2 heterocycles. The van der Waals surface area contributed by atoms with Gasteiger partial charge >= 0.3 is 35.5 Å². The summed E-state index contributed by atoms with van der Waals surface area (Å²) in [5, 5.41) is 16.3. The van der Waals surface area contributed by atoms with Crippen LogP contribution in [0.4, 0.5) is 0 Å². The number of hydrogen-bond acceptors (Lipinski definition) is 8. The molecule has 2 amide bonds. The first-order chi connectivity index (χ1) is 11.9. The standard InChI is InChI=1S/C14H13IN2O6S2.Na/c15-5-8-11(16-9(18)4-7-2-1-3-25-7)12(20)17(8)13(14(21)22)23-10(19)6-24;/h1-3,6,8,11,13H,4-5H2,(H,16,18)(H,21,22);/q;+1/p-1/t8-,11+,13?;/m1./s1. The van der Waals surface area contributed by atoms with Gasteiger partial charge in [-0.2, -0.15) is 0 Å². The van der Waals surface area contributed by atoms with Crippen molar-refractivity contribution in [3.05, 3.63) is 22.4 Å². The molecular formula is C14H12IN2NaO6S2. The Hall–Kier alpha value is -0.600. The van der Waals surface area contributed by atoms with Crippen molar-refractivity contribution < 1.29 is 58.6 Å². The number of carbonyl (C=O) groups is 4. The van der Waals surface area contributed by atoms with E-state index in [4.69, 9.17) is 0 Å². The van der Waals surface area contributed by atoms with Crippen molar-refractivity contribution >= 4 is 75.3 Å². The van der Waals surface area contributed by atoms with E-state index in [2.05, 4.69) is 22.3 Å². The molecule has 1 aliphatic heterocycles. The van der Waals surface area contributed by atoms with Crippen molar-refractivity contribution in [1.29, 1.82) is 0 Å². The number of thiophene rings is 1. The normalized spacial score (nSPS) is 19.6. The zero-order valence-electron chi connectivity index (χ0n) is 13.5. The van der Waals surface area contributed by atoms with Crippen LogP contribution in [-0.4, -0.2) is 56.8 Å². The average Bonchev–Trinajstić information content (AvgIpc) is 3.08. The minimum absolute atomic E-state index is 0. The molecule has 12 heteroatoms. The molecule has 1 aromatic rings. The molecule has 0 radical (unpaired) electrons. The molecule has 0 bridgehead atoms. The molecule has 8 nitrogen and oxygen atoms in total. The Bertz CT molecular complexity index is 702. The minimum Gasteiger partial charge on any atom is -0.544 e. The second kappa shape index (κ2) is 10.7. The Balaban J connectivity index is 0.00000338. The minimum atomic E-state index is -1.88. The number of hydrogen-bond donors (Lipinski definition) is 1. The third kappa shape index (κ3) is 5.45. The van der Waals surface area contributed by atoms with Crippen LogP contribution >= 0.6 is 46.1 Å². The van der Waals surface area contributed by atoms with Gasteiger partial charge in [-0.25, -0.2) is 4.79 Å². The summed E-state index contributed by atoms with van der Waals surface area (Å²) < 4.78 is 4.96. The molecule has 1 saturated heterocycles. The molecule has 0 spiro atoms. The number of esters is 1. The first kappa shape index (κ1) is 23.4. The molecule has 3 atom stereocenters. The van der Waals surface area contributed by atoms with Gasteiger partial charge in [-0.15, -0.1) is 11.3 Å². The summed E-state index contributed by atoms with van der Waals surface area (Å²) in [4.78, 5) is 48.5.